The molecule has 0 amide bonds. The van der Waals surface area contributed by atoms with E-state index in [4.69, 9.17) is 14.3 Å². The average molecular weight is 405 g/mol. The second kappa shape index (κ2) is 7.29. The predicted octanol–water partition coefficient (Wildman–Crippen LogP) is 3.46. The molecule has 0 spiro atoms. The molecule has 1 aliphatic heterocycles. The van der Waals surface area contributed by atoms with Gasteiger partial charge in [0, 0.05) is 17.8 Å². The Bertz CT molecular complexity index is 1000. The zero-order valence-corrected chi connectivity index (χ0v) is 16.9. The number of hydroxylamine groups is 1. The molecular formula is C24H23NO5. The van der Waals surface area contributed by atoms with Gasteiger partial charge in [-0.05, 0) is 24.1 Å². The summed E-state index contributed by atoms with van der Waals surface area (Å²) in [7, 11) is 2.69. The number of ether oxygens (including phenoxy) is 2. The molecule has 2 fully saturated rings. The Morgan fingerprint density at radius 2 is 1.43 bits per heavy atom. The first-order valence-electron chi connectivity index (χ1n) is 10.1. The van der Waals surface area contributed by atoms with Gasteiger partial charge in [0.2, 0.25) is 0 Å². The Balaban J connectivity index is 1.62. The largest absolute Gasteiger partial charge is 0.466 e. The fourth-order valence-corrected chi connectivity index (χ4v) is 5.50. The molecule has 0 N–H and O–H groups in total. The van der Waals surface area contributed by atoms with Crippen molar-refractivity contribution in [2.45, 2.75) is 18.6 Å². The number of rotatable bonds is 4. The molecule has 2 aromatic carbocycles. The lowest BCUT2D eigenvalue weighted by molar-refractivity contribution is -0.140. The standard InChI is InChI=1S/C24H23NO5/c1-28-23(26)18-16-13-17(19(18)24(27)29-2)22-20(16)21(14-9-5-3-6-10-14)25(30-22)15-11-7-4-8-12-15/h3-12,16-17,20-22H,13H2,1-2H3/t16-,17+,20-,21+,22+/m0/s1. The van der Waals surface area contributed by atoms with Gasteiger partial charge in [-0.1, -0.05) is 48.5 Å². The smallest absolute Gasteiger partial charge is 0.334 e. The van der Waals surface area contributed by atoms with Gasteiger partial charge in [0.05, 0.1) is 43.2 Å². The molecule has 6 nitrogen and oxygen atoms in total. The highest BCUT2D eigenvalue weighted by molar-refractivity contribution is 6.02. The van der Waals surface area contributed by atoms with Crippen LogP contribution in [0.4, 0.5) is 5.69 Å². The van der Waals surface area contributed by atoms with Crippen molar-refractivity contribution < 1.29 is 23.9 Å². The maximum absolute atomic E-state index is 12.7. The van der Waals surface area contributed by atoms with Crippen molar-refractivity contribution in [2.75, 3.05) is 19.3 Å². The normalized spacial score (nSPS) is 29.1. The SMILES string of the molecule is COC(=O)C1=C(C(=O)OC)[C@@H]2C[C@H]1[C@H]1ON(c3ccccc3)[C@H](c3ccccc3)[C@@H]12. The topological polar surface area (TPSA) is 65.1 Å². The first-order valence-corrected chi connectivity index (χ1v) is 10.1. The summed E-state index contributed by atoms with van der Waals surface area (Å²) in [5.74, 6) is -1.22. The first kappa shape index (κ1) is 18.9. The van der Waals surface area contributed by atoms with E-state index in [1.165, 1.54) is 14.2 Å². The van der Waals surface area contributed by atoms with Crippen LogP contribution in [0.2, 0.25) is 0 Å². The molecule has 1 saturated carbocycles. The number of esters is 2. The molecule has 154 valence electrons. The first-order chi connectivity index (χ1) is 14.7. The van der Waals surface area contributed by atoms with E-state index in [9.17, 15) is 9.59 Å². The zero-order chi connectivity index (χ0) is 20.8. The van der Waals surface area contributed by atoms with Crippen molar-refractivity contribution in [1.29, 1.82) is 0 Å². The second-order valence-corrected chi connectivity index (χ2v) is 7.92. The monoisotopic (exact) mass is 405 g/mol. The Morgan fingerprint density at radius 1 is 0.867 bits per heavy atom. The van der Waals surface area contributed by atoms with Crippen molar-refractivity contribution in [3.63, 3.8) is 0 Å². The molecule has 2 bridgehead atoms. The van der Waals surface area contributed by atoms with E-state index in [1.807, 2.05) is 53.6 Å². The zero-order valence-electron chi connectivity index (χ0n) is 16.9. The quantitative estimate of drug-likeness (QED) is 0.726. The highest BCUT2D eigenvalue weighted by Gasteiger charge is 2.64. The van der Waals surface area contributed by atoms with Crippen molar-refractivity contribution in [3.8, 4) is 0 Å². The van der Waals surface area contributed by atoms with Crippen molar-refractivity contribution in [1.82, 2.24) is 0 Å². The summed E-state index contributed by atoms with van der Waals surface area (Å²) in [6.07, 6.45) is 0.485. The minimum atomic E-state index is -0.473. The van der Waals surface area contributed by atoms with Gasteiger partial charge < -0.3 is 9.47 Å². The molecule has 1 heterocycles. The summed E-state index contributed by atoms with van der Waals surface area (Å²) < 4.78 is 10.1. The van der Waals surface area contributed by atoms with Gasteiger partial charge in [-0.2, -0.15) is 0 Å². The van der Waals surface area contributed by atoms with Gasteiger partial charge in [0.25, 0.3) is 0 Å². The number of anilines is 1. The Labute approximate surface area is 175 Å². The number of hydrogen-bond donors (Lipinski definition) is 0. The molecule has 0 unspecified atom stereocenters. The summed E-state index contributed by atoms with van der Waals surface area (Å²) in [5, 5.41) is 1.94. The number of methoxy groups -OCH3 is 2. The minimum Gasteiger partial charge on any atom is -0.466 e. The lowest BCUT2D eigenvalue weighted by atomic mass is 9.76. The van der Waals surface area contributed by atoms with Crippen LogP contribution in [-0.2, 0) is 23.9 Å². The third-order valence-electron chi connectivity index (χ3n) is 6.60. The van der Waals surface area contributed by atoms with Gasteiger partial charge >= 0.3 is 11.9 Å². The lowest BCUT2D eigenvalue weighted by Gasteiger charge is -2.30. The van der Waals surface area contributed by atoms with E-state index in [2.05, 4.69) is 12.1 Å². The van der Waals surface area contributed by atoms with Crippen LogP contribution in [0, 0.1) is 17.8 Å². The van der Waals surface area contributed by atoms with Crippen LogP contribution in [0.15, 0.2) is 71.8 Å². The molecule has 6 heteroatoms. The van der Waals surface area contributed by atoms with Gasteiger partial charge in [0.15, 0.2) is 0 Å². The highest BCUT2D eigenvalue weighted by atomic mass is 16.7. The number of fused-ring (bicyclic) bond motifs is 5. The van der Waals surface area contributed by atoms with Crippen LogP contribution in [0.25, 0.3) is 0 Å². The molecule has 5 rings (SSSR count). The number of nitrogens with zero attached hydrogens (tertiary/aromatic N) is 1. The van der Waals surface area contributed by atoms with E-state index in [1.54, 1.807) is 0 Å². The van der Waals surface area contributed by atoms with Crippen molar-refractivity contribution in [3.05, 3.63) is 77.4 Å². The van der Waals surface area contributed by atoms with Crippen LogP contribution in [-0.4, -0.2) is 32.3 Å². The van der Waals surface area contributed by atoms with Crippen molar-refractivity contribution in [2.24, 2.45) is 17.8 Å². The summed E-state index contributed by atoms with van der Waals surface area (Å²) in [4.78, 5) is 31.7. The Kier molecular flexibility index (Phi) is 4.59. The van der Waals surface area contributed by atoms with Gasteiger partial charge in [-0.25, -0.2) is 14.7 Å². The molecule has 0 aromatic heterocycles. The summed E-state index contributed by atoms with van der Waals surface area (Å²) in [5.41, 5.74) is 2.93. The number of para-hydroxylation sites is 1. The fourth-order valence-electron chi connectivity index (χ4n) is 5.50. The second-order valence-electron chi connectivity index (χ2n) is 7.92. The van der Waals surface area contributed by atoms with E-state index >= 15 is 0 Å². The third-order valence-corrected chi connectivity index (χ3v) is 6.60. The predicted molar refractivity (Wildman–Crippen MR) is 109 cm³/mol. The lowest BCUT2D eigenvalue weighted by Crippen LogP contribution is -2.34. The maximum atomic E-state index is 12.7. The van der Waals surface area contributed by atoms with Crippen LogP contribution >= 0.6 is 0 Å². The molecule has 3 aliphatic rings. The molecular weight excluding hydrogens is 382 g/mol. The van der Waals surface area contributed by atoms with E-state index in [0.29, 0.717) is 17.6 Å². The highest BCUT2D eigenvalue weighted by Crippen LogP contribution is 2.62. The van der Waals surface area contributed by atoms with Gasteiger partial charge in [-0.15, -0.1) is 0 Å². The molecule has 2 aliphatic carbocycles. The van der Waals surface area contributed by atoms with Crippen molar-refractivity contribution >= 4 is 17.6 Å². The molecule has 5 atom stereocenters. The molecule has 0 radical (unpaired) electrons. The number of carbonyl (C=O) groups is 2. The number of hydrogen-bond acceptors (Lipinski definition) is 6. The molecule has 1 saturated heterocycles. The maximum Gasteiger partial charge on any atom is 0.334 e. The third kappa shape index (κ3) is 2.67. The Hall–Kier alpha value is -3.12. The summed E-state index contributed by atoms with van der Waals surface area (Å²) >= 11 is 0. The van der Waals surface area contributed by atoms with E-state index in [-0.39, 0.29) is 29.9 Å². The summed E-state index contributed by atoms with van der Waals surface area (Å²) in [6.45, 7) is 0. The molecule has 30 heavy (non-hydrogen) atoms. The molecule has 2 aromatic rings. The average Bonchev–Trinajstić information content (AvgIpc) is 3.48. The van der Waals surface area contributed by atoms with E-state index in [0.717, 1.165) is 11.3 Å². The number of carbonyl (C=O) groups excluding carboxylic acids is 2. The summed E-state index contributed by atoms with van der Waals surface area (Å²) in [6, 6.07) is 20.0. The number of benzene rings is 2. The van der Waals surface area contributed by atoms with Crippen LogP contribution < -0.4 is 5.06 Å². The Morgan fingerprint density at radius 3 is 2.03 bits per heavy atom. The van der Waals surface area contributed by atoms with Crippen LogP contribution in [0.1, 0.15) is 18.0 Å². The van der Waals surface area contributed by atoms with Crippen LogP contribution in [0.3, 0.4) is 0 Å². The van der Waals surface area contributed by atoms with Crippen LogP contribution in [0.5, 0.6) is 0 Å². The van der Waals surface area contributed by atoms with Gasteiger partial charge in [0.1, 0.15) is 0 Å². The fraction of sp³-hybridized carbons (Fsp3) is 0.333. The van der Waals surface area contributed by atoms with Gasteiger partial charge in [-0.3, -0.25) is 4.84 Å². The van der Waals surface area contributed by atoms with E-state index < -0.39 is 11.9 Å². The minimum absolute atomic E-state index is 0.0279.